The highest BCUT2D eigenvalue weighted by Gasteiger charge is 2.31. The maximum atomic E-state index is 12.9. The molecule has 1 aromatic carbocycles. The minimum absolute atomic E-state index is 0.113. The molecule has 1 aliphatic heterocycles. The maximum Gasteiger partial charge on any atom is 0.243 e. The van der Waals surface area contributed by atoms with Crippen molar-refractivity contribution in [2.24, 2.45) is 11.8 Å². The number of rotatable bonds is 5. The van der Waals surface area contributed by atoms with Crippen LogP contribution in [-0.2, 0) is 21.2 Å². The molecule has 0 bridgehead atoms. The molecule has 0 radical (unpaired) electrons. The summed E-state index contributed by atoms with van der Waals surface area (Å²) in [6.07, 6.45) is 1.37. The van der Waals surface area contributed by atoms with Gasteiger partial charge in [-0.05, 0) is 64.9 Å². The minimum atomic E-state index is -3.49. The predicted octanol–water partition coefficient (Wildman–Crippen LogP) is 3.60. The quantitative estimate of drug-likeness (QED) is 0.845. The minimum Gasteiger partial charge on any atom is -0.326 e. The van der Waals surface area contributed by atoms with Gasteiger partial charge in [0.2, 0.25) is 15.9 Å². The Hall–Kier alpha value is -1.70. The number of benzene rings is 1. The van der Waals surface area contributed by atoms with Crippen LogP contribution in [0.2, 0.25) is 0 Å². The van der Waals surface area contributed by atoms with Gasteiger partial charge in [-0.1, -0.05) is 13.8 Å². The van der Waals surface area contributed by atoms with E-state index in [1.165, 1.54) is 0 Å². The van der Waals surface area contributed by atoms with Gasteiger partial charge in [-0.15, -0.1) is 0 Å². The normalized spacial score (nSPS) is 21.5. The van der Waals surface area contributed by atoms with Crippen LogP contribution in [0.3, 0.4) is 0 Å². The molecule has 7 heteroatoms. The molecule has 140 valence electrons. The zero-order valence-corrected chi connectivity index (χ0v) is 16.6. The number of hydrogen-bond acceptors (Lipinski definition) is 4. The van der Waals surface area contributed by atoms with E-state index in [1.807, 2.05) is 16.8 Å². The molecule has 1 aromatic heterocycles. The Balaban J connectivity index is 1.67. The Labute approximate surface area is 159 Å². The molecule has 0 spiro atoms. The Bertz CT molecular complexity index is 835. The van der Waals surface area contributed by atoms with Gasteiger partial charge >= 0.3 is 0 Å². The van der Waals surface area contributed by atoms with Crippen LogP contribution < -0.4 is 5.32 Å². The number of nitrogens with one attached hydrogen (secondary N) is 1. The molecule has 2 atom stereocenters. The van der Waals surface area contributed by atoms with Crippen LogP contribution in [0.15, 0.2) is 46.0 Å². The smallest absolute Gasteiger partial charge is 0.243 e. The molecule has 1 fully saturated rings. The molecule has 1 aliphatic rings. The monoisotopic (exact) mass is 392 g/mol. The highest BCUT2D eigenvalue weighted by atomic mass is 32.2. The van der Waals surface area contributed by atoms with E-state index in [0.717, 1.165) is 12.0 Å². The van der Waals surface area contributed by atoms with Crippen molar-refractivity contribution >= 4 is 33.0 Å². The molecule has 2 heterocycles. The number of carbonyl (C=O) groups excluding carboxylic acids is 1. The molecule has 1 saturated heterocycles. The Morgan fingerprint density at radius 1 is 1.15 bits per heavy atom. The molecule has 5 nitrogen and oxygen atoms in total. The molecule has 2 aromatic rings. The van der Waals surface area contributed by atoms with E-state index >= 15 is 0 Å². The number of anilines is 1. The van der Waals surface area contributed by atoms with Crippen molar-refractivity contribution < 1.29 is 13.2 Å². The van der Waals surface area contributed by atoms with Crippen molar-refractivity contribution in [1.82, 2.24) is 4.31 Å². The first kappa shape index (κ1) is 19.1. The Morgan fingerprint density at radius 2 is 1.81 bits per heavy atom. The van der Waals surface area contributed by atoms with Crippen LogP contribution in [0.4, 0.5) is 5.69 Å². The maximum absolute atomic E-state index is 12.9. The van der Waals surface area contributed by atoms with Gasteiger partial charge in [-0.2, -0.15) is 15.6 Å². The van der Waals surface area contributed by atoms with Crippen molar-refractivity contribution in [3.8, 4) is 0 Å². The number of thiophene rings is 1. The number of carbonyl (C=O) groups is 1. The first-order valence-electron chi connectivity index (χ1n) is 8.75. The van der Waals surface area contributed by atoms with Crippen LogP contribution in [0.5, 0.6) is 0 Å². The summed E-state index contributed by atoms with van der Waals surface area (Å²) in [5.41, 5.74) is 1.57. The van der Waals surface area contributed by atoms with Crippen LogP contribution >= 0.6 is 11.3 Å². The number of nitrogens with zero attached hydrogens (tertiary/aromatic N) is 1. The molecule has 3 rings (SSSR count). The first-order chi connectivity index (χ1) is 12.3. The van der Waals surface area contributed by atoms with Gasteiger partial charge in [-0.3, -0.25) is 4.79 Å². The second-order valence-electron chi connectivity index (χ2n) is 7.15. The molecular weight excluding hydrogens is 368 g/mol. The number of amides is 1. The van der Waals surface area contributed by atoms with Crippen LogP contribution in [0.25, 0.3) is 0 Å². The number of sulfonamides is 1. The van der Waals surface area contributed by atoms with Gasteiger partial charge in [0.25, 0.3) is 0 Å². The second-order valence-corrected chi connectivity index (χ2v) is 9.87. The lowest BCUT2D eigenvalue weighted by Gasteiger charge is -2.34. The lowest BCUT2D eigenvalue weighted by molar-refractivity contribution is -0.115. The summed E-state index contributed by atoms with van der Waals surface area (Å²) in [6, 6.07) is 8.35. The zero-order valence-electron chi connectivity index (χ0n) is 15.0. The summed E-state index contributed by atoms with van der Waals surface area (Å²) in [5.74, 6) is 0.617. The van der Waals surface area contributed by atoms with E-state index < -0.39 is 10.0 Å². The molecule has 1 N–H and O–H groups in total. The summed E-state index contributed by atoms with van der Waals surface area (Å²) in [5, 5.41) is 6.69. The highest BCUT2D eigenvalue weighted by Crippen LogP contribution is 2.27. The summed E-state index contributed by atoms with van der Waals surface area (Å²) < 4.78 is 27.3. The van der Waals surface area contributed by atoms with Gasteiger partial charge in [0.05, 0.1) is 11.3 Å². The Kier molecular flexibility index (Phi) is 5.79. The van der Waals surface area contributed by atoms with Gasteiger partial charge in [0, 0.05) is 18.8 Å². The first-order valence-corrected chi connectivity index (χ1v) is 11.1. The van der Waals surface area contributed by atoms with Crippen LogP contribution in [0, 0.1) is 11.8 Å². The van der Waals surface area contributed by atoms with Crippen molar-refractivity contribution in [1.29, 1.82) is 0 Å². The third-order valence-corrected chi connectivity index (χ3v) is 7.13. The van der Waals surface area contributed by atoms with Gasteiger partial charge in [0.15, 0.2) is 0 Å². The summed E-state index contributed by atoms with van der Waals surface area (Å²) in [6.45, 7) is 5.30. The third-order valence-electron chi connectivity index (χ3n) is 4.56. The van der Waals surface area contributed by atoms with E-state index in [-0.39, 0.29) is 10.8 Å². The standard InChI is InChI=1S/C19H24N2O3S2/c1-14-9-15(2)12-21(11-14)26(23,24)18-5-3-17(4-6-18)20-19(22)10-16-7-8-25-13-16/h3-8,13-15H,9-12H2,1-2H3,(H,20,22)/t14-,15-/m1/s1. The predicted molar refractivity (Wildman–Crippen MR) is 105 cm³/mol. The van der Waals surface area contributed by atoms with Crippen LogP contribution in [-0.4, -0.2) is 31.7 Å². The van der Waals surface area contributed by atoms with Crippen molar-refractivity contribution in [2.75, 3.05) is 18.4 Å². The highest BCUT2D eigenvalue weighted by molar-refractivity contribution is 7.89. The molecule has 0 saturated carbocycles. The third kappa shape index (κ3) is 4.52. The van der Waals surface area contributed by atoms with E-state index in [0.29, 0.717) is 37.0 Å². The van der Waals surface area contributed by atoms with E-state index in [2.05, 4.69) is 19.2 Å². The summed E-state index contributed by atoms with van der Waals surface area (Å²) >= 11 is 1.55. The fourth-order valence-corrected chi connectivity index (χ4v) is 5.79. The zero-order chi connectivity index (χ0) is 18.7. The average molecular weight is 393 g/mol. The number of hydrogen-bond donors (Lipinski definition) is 1. The molecule has 26 heavy (non-hydrogen) atoms. The fraction of sp³-hybridized carbons (Fsp3) is 0.421. The van der Waals surface area contributed by atoms with E-state index in [4.69, 9.17) is 0 Å². The van der Waals surface area contributed by atoms with Crippen LogP contribution in [0.1, 0.15) is 25.8 Å². The largest absolute Gasteiger partial charge is 0.326 e. The topological polar surface area (TPSA) is 66.5 Å². The summed E-state index contributed by atoms with van der Waals surface area (Å²) in [7, 11) is -3.49. The number of piperidine rings is 1. The molecule has 1 amide bonds. The Morgan fingerprint density at radius 3 is 2.38 bits per heavy atom. The lowest BCUT2D eigenvalue weighted by atomic mass is 9.94. The molecule has 0 aliphatic carbocycles. The summed E-state index contributed by atoms with van der Waals surface area (Å²) in [4.78, 5) is 12.3. The fourth-order valence-electron chi connectivity index (χ4n) is 3.45. The average Bonchev–Trinajstić information content (AvgIpc) is 3.07. The van der Waals surface area contributed by atoms with Crippen molar-refractivity contribution in [2.45, 2.75) is 31.6 Å². The SMILES string of the molecule is C[C@@H]1C[C@@H](C)CN(S(=O)(=O)c2ccc(NC(=O)Cc3ccsc3)cc2)C1. The van der Waals surface area contributed by atoms with E-state index in [1.54, 1.807) is 39.9 Å². The lowest BCUT2D eigenvalue weighted by Crippen LogP contribution is -2.42. The van der Waals surface area contributed by atoms with Gasteiger partial charge in [-0.25, -0.2) is 8.42 Å². The molecular formula is C19H24N2O3S2. The second kappa shape index (κ2) is 7.90. The van der Waals surface area contributed by atoms with Gasteiger partial charge < -0.3 is 5.32 Å². The van der Waals surface area contributed by atoms with Gasteiger partial charge in [0.1, 0.15) is 0 Å². The van der Waals surface area contributed by atoms with E-state index in [9.17, 15) is 13.2 Å². The van der Waals surface area contributed by atoms with Crippen molar-refractivity contribution in [3.05, 3.63) is 46.7 Å². The molecule has 0 unspecified atom stereocenters. The van der Waals surface area contributed by atoms with Crippen molar-refractivity contribution in [3.63, 3.8) is 0 Å².